The van der Waals surface area contributed by atoms with E-state index >= 15 is 0 Å². The zero-order valence-electron chi connectivity index (χ0n) is 12.5. The van der Waals surface area contributed by atoms with Crippen LogP contribution < -0.4 is 5.32 Å². The lowest BCUT2D eigenvalue weighted by Crippen LogP contribution is -2.24. The molecule has 0 aliphatic rings. The average Bonchev–Trinajstić information content (AvgIpc) is 3.01. The number of hydrogen-bond acceptors (Lipinski definition) is 4. The fourth-order valence-corrected chi connectivity index (χ4v) is 1.89. The Morgan fingerprint density at radius 2 is 1.96 bits per heavy atom. The smallest absolute Gasteiger partial charge is 0.356 e. The molecule has 0 saturated heterocycles. The summed E-state index contributed by atoms with van der Waals surface area (Å²) in [5.41, 5.74) is 1.32. The maximum atomic E-state index is 12.4. The molecule has 0 bridgehead atoms. The number of alkyl halides is 3. The third-order valence-electron chi connectivity index (χ3n) is 3.09. The molecule has 2 rings (SSSR count). The number of aryl methyl sites for hydroxylation is 1. The maximum absolute atomic E-state index is 12.4. The van der Waals surface area contributed by atoms with Crippen LogP contribution in [0.15, 0.2) is 28.8 Å². The summed E-state index contributed by atoms with van der Waals surface area (Å²) in [6.07, 6.45) is -2.86. The van der Waals surface area contributed by atoms with Crippen LogP contribution in [-0.4, -0.2) is 22.6 Å². The molecule has 1 aromatic heterocycles. The van der Waals surface area contributed by atoms with Gasteiger partial charge in [-0.25, -0.2) is 0 Å². The number of nitrogens with zero attached hydrogens (tertiary/aromatic N) is 2. The van der Waals surface area contributed by atoms with Gasteiger partial charge in [-0.3, -0.25) is 4.79 Å². The van der Waals surface area contributed by atoms with Crippen molar-refractivity contribution < 1.29 is 22.5 Å². The summed E-state index contributed by atoms with van der Waals surface area (Å²) < 4.78 is 41.4. The predicted octanol–water partition coefficient (Wildman–Crippen LogP) is 3.21. The third-order valence-corrected chi connectivity index (χ3v) is 3.09. The minimum atomic E-state index is -4.66. The average molecular weight is 327 g/mol. The van der Waals surface area contributed by atoms with Gasteiger partial charge in [-0.05, 0) is 18.4 Å². The first-order chi connectivity index (χ1) is 10.9. The second-order valence-corrected chi connectivity index (χ2v) is 4.97. The summed E-state index contributed by atoms with van der Waals surface area (Å²) in [6.45, 7) is 2.62. The number of carbonyl (C=O) groups excluding carboxylic acids is 1. The number of nitrogens with one attached hydrogen (secondary N) is 1. The van der Waals surface area contributed by atoms with Crippen LogP contribution in [-0.2, 0) is 17.4 Å². The number of rotatable bonds is 6. The molecule has 8 heteroatoms. The number of hydrogen-bond donors (Lipinski definition) is 1. The molecule has 0 unspecified atom stereocenters. The molecule has 1 N–H and O–H groups in total. The molecule has 2 aromatic rings. The Kier molecular flexibility index (Phi) is 5.36. The molecule has 0 saturated carbocycles. The molecular formula is C15H16F3N3O2. The van der Waals surface area contributed by atoms with Crippen molar-refractivity contribution in [2.45, 2.75) is 32.4 Å². The van der Waals surface area contributed by atoms with Crippen molar-refractivity contribution in [3.8, 4) is 11.4 Å². The van der Waals surface area contributed by atoms with Crippen molar-refractivity contribution in [3.05, 3.63) is 35.7 Å². The van der Waals surface area contributed by atoms with Gasteiger partial charge in [-0.2, -0.15) is 18.2 Å². The Hall–Kier alpha value is -2.38. The quantitative estimate of drug-likeness (QED) is 0.884. The fourth-order valence-electron chi connectivity index (χ4n) is 1.89. The number of amides is 1. The maximum Gasteiger partial charge on any atom is 0.471 e. The highest BCUT2D eigenvalue weighted by Crippen LogP contribution is 2.29. The van der Waals surface area contributed by atoms with Gasteiger partial charge in [0.05, 0.1) is 0 Å². The number of carbonyl (C=O) groups is 1. The van der Waals surface area contributed by atoms with Crippen LogP contribution in [0.1, 0.15) is 31.2 Å². The van der Waals surface area contributed by atoms with E-state index in [0.717, 1.165) is 12.0 Å². The van der Waals surface area contributed by atoms with E-state index < -0.39 is 12.1 Å². The van der Waals surface area contributed by atoms with E-state index in [2.05, 4.69) is 20.0 Å². The third kappa shape index (κ3) is 4.80. The molecule has 1 aromatic carbocycles. The summed E-state index contributed by atoms with van der Waals surface area (Å²) in [6, 6.07) is 6.66. The summed E-state index contributed by atoms with van der Waals surface area (Å²) in [5.74, 6) is -1.52. The highest BCUT2D eigenvalue weighted by atomic mass is 19.4. The topological polar surface area (TPSA) is 68.0 Å². The van der Waals surface area contributed by atoms with Crippen molar-refractivity contribution in [1.29, 1.82) is 0 Å². The molecular weight excluding hydrogens is 311 g/mol. The second kappa shape index (κ2) is 7.26. The van der Waals surface area contributed by atoms with Crippen LogP contribution in [0.4, 0.5) is 13.2 Å². The van der Waals surface area contributed by atoms with Gasteiger partial charge in [-0.1, -0.05) is 36.3 Å². The highest BCUT2D eigenvalue weighted by Gasteiger charge is 2.38. The molecule has 23 heavy (non-hydrogen) atoms. The molecule has 0 radical (unpaired) electrons. The van der Waals surface area contributed by atoms with Gasteiger partial charge in [0.15, 0.2) is 0 Å². The Labute approximate surface area is 130 Å². The van der Waals surface area contributed by atoms with Crippen molar-refractivity contribution in [1.82, 2.24) is 15.5 Å². The molecule has 5 nitrogen and oxygen atoms in total. The van der Waals surface area contributed by atoms with Crippen LogP contribution in [0, 0.1) is 0 Å². The first-order valence-electron chi connectivity index (χ1n) is 7.17. The van der Waals surface area contributed by atoms with E-state index in [0.29, 0.717) is 24.9 Å². The molecule has 0 aliphatic heterocycles. The largest absolute Gasteiger partial charge is 0.471 e. The normalized spacial score (nSPS) is 11.5. The van der Waals surface area contributed by atoms with E-state index in [1.807, 2.05) is 6.92 Å². The minimum absolute atomic E-state index is 0.0242. The van der Waals surface area contributed by atoms with Gasteiger partial charge >= 0.3 is 12.1 Å². The number of halogens is 3. The fraction of sp³-hybridized carbons (Fsp3) is 0.400. The molecule has 1 heterocycles. The monoisotopic (exact) mass is 327 g/mol. The molecule has 0 aliphatic carbocycles. The van der Waals surface area contributed by atoms with Crippen molar-refractivity contribution in [2.75, 3.05) is 6.54 Å². The van der Waals surface area contributed by atoms with Gasteiger partial charge in [0, 0.05) is 18.5 Å². The molecule has 0 spiro atoms. The van der Waals surface area contributed by atoms with Crippen LogP contribution in [0.3, 0.4) is 0 Å². The predicted molar refractivity (Wildman–Crippen MR) is 76.4 cm³/mol. The summed E-state index contributed by atoms with van der Waals surface area (Å²) in [5, 5.41) is 6.10. The number of benzene rings is 1. The van der Waals surface area contributed by atoms with Gasteiger partial charge < -0.3 is 9.84 Å². The summed E-state index contributed by atoms with van der Waals surface area (Å²) in [7, 11) is 0. The van der Waals surface area contributed by atoms with E-state index in [4.69, 9.17) is 0 Å². The van der Waals surface area contributed by atoms with Gasteiger partial charge in [0.25, 0.3) is 0 Å². The van der Waals surface area contributed by atoms with Crippen LogP contribution in [0.5, 0.6) is 0 Å². The molecule has 124 valence electrons. The van der Waals surface area contributed by atoms with Crippen molar-refractivity contribution in [3.63, 3.8) is 0 Å². The zero-order valence-corrected chi connectivity index (χ0v) is 12.5. The lowest BCUT2D eigenvalue weighted by atomic mass is 10.1. The zero-order chi connectivity index (χ0) is 16.9. The van der Waals surface area contributed by atoms with Gasteiger partial charge in [-0.15, -0.1) is 0 Å². The van der Waals surface area contributed by atoms with Gasteiger partial charge in [0.1, 0.15) is 0 Å². The lowest BCUT2D eigenvalue weighted by Gasteiger charge is -2.04. The highest BCUT2D eigenvalue weighted by molar-refractivity contribution is 5.76. The van der Waals surface area contributed by atoms with Crippen LogP contribution >= 0.6 is 0 Å². The van der Waals surface area contributed by atoms with E-state index in [1.165, 1.54) is 0 Å². The molecule has 0 fully saturated rings. The second-order valence-electron chi connectivity index (χ2n) is 4.97. The first kappa shape index (κ1) is 17.0. The van der Waals surface area contributed by atoms with Gasteiger partial charge in [0.2, 0.25) is 11.7 Å². The summed E-state index contributed by atoms with van der Waals surface area (Å²) in [4.78, 5) is 14.8. The van der Waals surface area contributed by atoms with E-state index in [-0.39, 0.29) is 11.7 Å². The van der Waals surface area contributed by atoms with Crippen LogP contribution in [0.25, 0.3) is 11.4 Å². The Bertz CT molecular complexity index is 651. The molecule has 0 atom stereocenters. The van der Waals surface area contributed by atoms with Crippen LogP contribution in [0.2, 0.25) is 0 Å². The van der Waals surface area contributed by atoms with E-state index in [1.54, 1.807) is 24.3 Å². The Balaban J connectivity index is 1.97. The Morgan fingerprint density at radius 1 is 1.26 bits per heavy atom. The lowest BCUT2D eigenvalue weighted by molar-refractivity contribution is -0.159. The summed E-state index contributed by atoms with van der Waals surface area (Å²) >= 11 is 0. The van der Waals surface area contributed by atoms with Crippen molar-refractivity contribution in [2.24, 2.45) is 0 Å². The van der Waals surface area contributed by atoms with E-state index in [9.17, 15) is 18.0 Å². The SMILES string of the molecule is CCCNC(=O)CCc1ccc(-c2noc(C(F)(F)F)n2)cc1. The minimum Gasteiger partial charge on any atom is -0.356 e. The van der Waals surface area contributed by atoms with Crippen molar-refractivity contribution >= 4 is 5.91 Å². The standard InChI is InChI=1S/C15H16F3N3O2/c1-2-9-19-12(22)8-5-10-3-6-11(7-4-10)13-20-14(23-21-13)15(16,17)18/h3-4,6-7H,2,5,8-9H2,1H3,(H,19,22). The number of aromatic nitrogens is 2. The first-order valence-corrected chi connectivity index (χ1v) is 7.17. The Morgan fingerprint density at radius 3 is 2.52 bits per heavy atom. The molecule has 1 amide bonds.